The van der Waals surface area contributed by atoms with Gasteiger partial charge < -0.3 is 10.6 Å². The highest BCUT2D eigenvalue weighted by molar-refractivity contribution is 5.84. The zero-order valence-electron chi connectivity index (χ0n) is 23.8. The summed E-state index contributed by atoms with van der Waals surface area (Å²) in [6.45, 7) is 2.73. The highest BCUT2D eigenvalue weighted by Crippen LogP contribution is 2.35. The Morgan fingerprint density at radius 1 is 0.864 bits per heavy atom. The molecule has 6 heterocycles. The molecule has 10 heteroatoms. The van der Waals surface area contributed by atoms with Crippen LogP contribution in [0, 0.1) is 11.3 Å². The molecule has 2 fully saturated rings. The monoisotopic (exact) mass is 576 g/mol. The SMILES string of the molecule is N#Cc1cc(N2C[C@@H]3C[C@H]2CN3Cc2ccc(-n3c(-c4cccnc4N)nc4ccc(-c5ccccc5)nc43)cc2)ncn1. The molecule has 0 radical (unpaired) electrons. The third-order valence-corrected chi connectivity index (χ3v) is 8.65. The van der Waals surface area contributed by atoms with Crippen molar-refractivity contribution in [1.82, 2.24) is 34.4 Å². The number of benzene rings is 2. The minimum atomic E-state index is 0.385. The van der Waals surface area contributed by atoms with Crippen LogP contribution in [0.5, 0.6) is 0 Å². The Hall–Kier alpha value is -5.66. The molecule has 0 unspecified atom stereocenters. The zero-order valence-corrected chi connectivity index (χ0v) is 23.8. The average Bonchev–Trinajstić information content (AvgIpc) is 3.78. The second kappa shape index (κ2) is 10.6. The number of likely N-dealkylation sites (tertiary alicyclic amines) is 1. The molecule has 0 spiro atoms. The number of nitrogens with two attached hydrogens (primary N) is 1. The molecule has 0 saturated carbocycles. The summed E-state index contributed by atoms with van der Waals surface area (Å²) in [5.74, 6) is 1.97. The van der Waals surface area contributed by atoms with Crippen LogP contribution in [0.2, 0.25) is 0 Å². The van der Waals surface area contributed by atoms with Crippen LogP contribution in [0.1, 0.15) is 17.7 Å². The van der Waals surface area contributed by atoms with Crippen molar-refractivity contribution in [1.29, 1.82) is 5.26 Å². The highest BCUT2D eigenvalue weighted by atomic mass is 15.4. The van der Waals surface area contributed by atoms with Crippen LogP contribution in [0.15, 0.2) is 97.5 Å². The zero-order chi connectivity index (χ0) is 29.6. The van der Waals surface area contributed by atoms with Crippen LogP contribution in [0.4, 0.5) is 11.6 Å². The first kappa shape index (κ1) is 26.0. The summed E-state index contributed by atoms with van der Waals surface area (Å²) in [6.07, 6.45) is 4.26. The summed E-state index contributed by atoms with van der Waals surface area (Å²) in [7, 11) is 0. The van der Waals surface area contributed by atoms with Crippen molar-refractivity contribution in [2.75, 3.05) is 23.7 Å². The molecule has 2 aromatic carbocycles. The Balaban J connectivity index is 1.09. The first-order valence-electron chi connectivity index (χ1n) is 14.6. The fraction of sp³-hybridized carbons (Fsp3) is 0.176. The molecule has 214 valence electrons. The number of nitrogen functional groups attached to an aromatic ring is 1. The minimum Gasteiger partial charge on any atom is -0.383 e. The fourth-order valence-corrected chi connectivity index (χ4v) is 6.53. The second-order valence-electron chi connectivity index (χ2n) is 11.3. The predicted octanol–water partition coefficient (Wildman–Crippen LogP) is 4.86. The number of fused-ring (bicyclic) bond motifs is 3. The van der Waals surface area contributed by atoms with E-state index in [1.165, 1.54) is 11.9 Å². The van der Waals surface area contributed by atoms with E-state index in [9.17, 15) is 5.26 Å². The lowest BCUT2D eigenvalue weighted by Crippen LogP contribution is -2.46. The Kier molecular flexibility index (Phi) is 6.24. The summed E-state index contributed by atoms with van der Waals surface area (Å²) in [6, 6.07) is 31.4. The number of imidazole rings is 1. The van der Waals surface area contributed by atoms with Crippen molar-refractivity contribution in [2.24, 2.45) is 0 Å². The van der Waals surface area contributed by atoms with Gasteiger partial charge in [-0.15, -0.1) is 0 Å². The molecule has 2 N–H and O–H groups in total. The number of pyridine rings is 2. The summed E-state index contributed by atoms with van der Waals surface area (Å²) in [5, 5.41) is 9.24. The molecular formula is C34H28N10. The number of nitriles is 1. The highest BCUT2D eigenvalue weighted by Gasteiger charge is 2.43. The van der Waals surface area contributed by atoms with Gasteiger partial charge in [0.25, 0.3) is 0 Å². The van der Waals surface area contributed by atoms with E-state index in [1.54, 1.807) is 12.3 Å². The van der Waals surface area contributed by atoms with Crippen LogP contribution in [0.25, 0.3) is 39.5 Å². The minimum absolute atomic E-state index is 0.385. The molecule has 2 aliphatic rings. The molecule has 44 heavy (non-hydrogen) atoms. The standard InChI is InChI=1S/C34H28N10/c35-17-24-15-31(39-21-38-24)43-20-26-16-27(43)19-42(26)18-22-8-10-25(11-9-22)44-33(28-7-4-14-37-32(28)36)41-30-13-12-29(40-34(30)44)23-5-2-1-3-6-23/h1-15,21,26-27H,16,18-20H2,(H2,36,37)/t26-,27-/m0/s1. The maximum absolute atomic E-state index is 9.24. The van der Waals surface area contributed by atoms with Gasteiger partial charge in [-0.3, -0.25) is 9.47 Å². The maximum Gasteiger partial charge on any atom is 0.165 e. The van der Waals surface area contributed by atoms with Crippen molar-refractivity contribution in [2.45, 2.75) is 25.0 Å². The summed E-state index contributed by atoms with van der Waals surface area (Å²) >= 11 is 0. The first-order valence-corrected chi connectivity index (χ1v) is 14.6. The molecule has 0 aliphatic carbocycles. The van der Waals surface area contributed by atoms with E-state index in [0.717, 1.165) is 65.5 Å². The van der Waals surface area contributed by atoms with Gasteiger partial charge in [-0.1, -0.05) is 42.5 Å². The number of rotatable bonds is 6. The fourth-order valence-electron chi connectivity index (χ4n) is 6.53. The molecule has 4 aromatic heterocycles. The van der Waals surface area contributed by atoms with Gasteiger partial charge in [-0.05, 0) is 48.4 Å². The predicted molar refractivity (Wildman–Crippen MR) is 169 cm³/mol. The quantitative estimate of drug-likeness (QED) is 0.296. The lowest BCUT2D eigenvalue weighted by atomic mass is 10.1. The Morgan fingerprint density at radius 2 is 1.73 bits per heavy atom. The smallest absolute Gasteiger partial charge is 0.165 e. The largest absolute Gasteiger partial charge is 0.383 e. The van der Waals surface area contributed by atoms with Crippen LogP contribution in [-0.2, 0) is 6.54 Å². The van der Waals surface area contributed by atoms with E-state index < -0.39 is 0 Å². The van der Waals surface area contributed by atoms with Crippen molar-refractivity contribution < 1.29 is 0 Å². The van der Waals surface area contributed by atoms with Crippen molar-refractivity contribution in [3.8, 4) is 34.4 Å². The van der Waals surface area contributed by atoms with E-state index in [0.29, 0.717) is 29.4 Å². The van der Waals surface area contributed by atoms with Crippen molar-refractivity contribution in [3.05, 3.63) is 109 Å². The van der Waals surface area contributed by atoms with E-state index in [1.807, 2.05) is 42.5 Å². The Morgan fingerprint density at radius 3 is 2.50 bits per heavy atom. The number of hydrogen-bond acceptors (Lipinski definition) is 9. The summed E-state index contributed by atoms with van der Waals surface area (Å²) < 4.78 is 2.08. The van der Waals surface area contributed by atoms with Crippen LogP contribution < -0.4 is 10.6 Å². The van der Waals surface area contributed by atoms with Gasteiger partial charge >= 0.3 is 0 Å². The van der Waals surface area contributed by atoms with Gasteiger partial charge in [0.2, 0.25) is 0 Å². The third-order valence-electron chi connectivity index (χ3n) is 8.65. The van der Waals surface area contributed by atoms with Crippen LogP contribution in [0.3, 0.4) is 0 Å². The average molecular weight is 577 g/mol. The number of hydrogen-bond donors (Lipinski definition) is 1. The van der Waals surface area contributed by atoms with Crippen LogP contribution in [-0.4, -0.2) is 59.6 Å². The lowest BCUT2D eigenvalue weighted by Gasteiger charge is -2.34. The molecule has 6 aromatic rings. The van der Waals surface area contributed by atoms with E-state index in [2.05, 4.69) is 71.8 Å². The molecule has 2 bridgehead atoms. The van der Waals surface area contributed by atoms with E-state index in [-0.39, 0.29) is 0 Å². The number of anilines is 2. The summed E-state index contributed by atoms with van der Waals surface area (Å²) in [4.78, 5) is 27.7. The molecule has 2 aliphatic heterocycles. The number of aromatic nitrogens is 6. The normalized spacial score (nSPS) is 17.8. The van der Waals surface area contributed by atoms with Gasteiger partial charge in [0.05, 0.1) is 11.3 Å². The molecule has 0 amide bonds. The number of piperazine rings is 1. The van der Waals surface area contributed by atoms with E-state index >= 15 is 0 Å². The van der Waals surface area contributed by atoms with Gasteiger partial charge in [0, 0.05) is 55.2 Å². The van der Waals surface area contributed by atoms with Crippen LogP contribution >= 0.6 is 0 Å². The molecule has 2 atom stereocenters. The second-order valence-corrected chi connectivity index (χ2v) is 11.3. The Bertz CT molecular complexity index is 2030. The number of nitrogens with zero attached hydrogens (tertiary/aromatic N) is 9. The molecule has 8 rings (SSSR count). The first-order chi connectivity index (χ1) is 21.6. The maximum atomic E-state index is 9.24. The molecular weight excluding hydrogens is 548 g/mol. The summed E-state index contributed by atoms with van der Waals surface area (Å²) in [5.41, 5.74) is 13.2. The van der Waals surface area contributed by atoms with Crippen molar-refractivity contribution in [3.63, 3.8) is 0 Å². The van der Waals surface area contributed by atoms with Gasteiger partial charge in [0.15, 0.2) is 11.5 Å². The van der Waals surface area contributed by atoms with Gasteiger partial charge in [0.1, 0.15) is 35.2 Å². The van der Waals surface area contributed by atoms with Gasteiger partial charge in [-0.2, -0.15) is 5.26 Å². The molecule has 2 saturated heterocycles. The topological polar surface area (TPSA) is 126 Å². The van der Waals surface area contributed by atoms with E-state index in [4.69, 9.17) is 15.7 Å². The lowest BCUT2D eigenvalue weighted by molar-refractivity contribution is 0.230. The Labute approximate surface area is 254 Å². The molecule has 10 nitrogen and oxygen atoms in total. The third kappa shape index (κ3) is 4.51. The van der Waals surface area contributed by atoms with Gasteiger partial charge in [-0.25, -0.2) is 24.9 Å². The van der Waals surface area contributed by atoms with Crippen molar-refractivity contribution >= 4 is 22.8 Å².